The Morgan fingerprint density at radius 1 is 1.23 bits per heavy atom. The highest BCUT2D eigenvalue weighted by atomic mass is 35.5. The zero-order valence-corrected chi connectivity index (χ0v) is 13.6. The van der Waals surface area contributed by atoms with Crippen LogP contribution >= 0.6 is 11.6 Å². The van der Waals surface area contributed by atoms with E-state index in [0.29, 0.717) is 21.8 Å². The Balaban J connectivity index is 2.38. The molecular weight excluding hydrogens is 300 g/mol. The Hall–Kier alpha value is -1.91. The maximum atomic E-state index is 12.2. The summed E-state index contributed by atoms with van der Waals surface area (Å²) in [6.45, 7) is 5.49. The molecule has 2 rings (SSSR count). The summed E-state index contributed by atoms with van der Waals surface area (Å²) in [7, 11) is 0. The van der Waals surface area contributed by atoms with Crippen molar-refractivity contribution in [2.45, 2.75) is 26.9 Å². The zero-order valence-electron chi connectivity index (χ0n) is 12.8. The van der Waals surface area contributed by atoms with Gasteiger partial charge in [0.1, 0.15) is 6.10 Å². The molecule has 1 heterocycles. The van der Waals surface area contributed by atoms with Crippen LogP contribution in [0.3, 0.4) is 0 Å². The Labute approximate surface area is 135 Å². The average Bonchev–Trinajstić information content (AvgIpc) is 2.48. The van der Waals surface area contributed by atoms with E-state index < -0.39 is 11.5 Å². The number of hydrogen-bond acceptors (Lipinski definition) is 3. The third kappa shape index (κ3) is 3.84. The van der Waals surface area contributed by atoms with Crippen LogP contribution in [-0.2, 0) is 4.79 Å². The number of pyridine rings is 1. The van der Waals surface area contributed by atoms with Crippen molar-refractivity contribution in [3.05, 3.63) is 58.9 Å². The SMILES string of the molecule is CC(C)(C)C(=O)Nc1ccc(Cl)cc1C(O)c1ccncc1. The molecule has 22 heavy (non-hydrogen) atoms. The number of halogens is 1. The van der Waals surface area contributed by atoms with E-state index >= 15 is 0 Å². The zero-order chi connectivity index (χ0) is 16.3. The molecule has 0 saturated heterocycles. The second-order valence-electron chi connectivity index (χ2n) is 6.12. The van der Waals surface area contributed by atoms with Crippen molar-refractivity contribution in [1.82, 2.24) is 4.98 Å². The highest BCUT2D eigenvalue weighted by molar-refractivity contribution is 6.30. The molecule has 0 aliphatic heterocycles. The molecule has 1 atom stereocenters. The third-order valence-corrected chi connectivity index (χ3v) is 3.49. The van der Waals surface area contributed by atoms with Gasteiger partial charge in [-0.15, -0.1) is 0 Å². The normalized spacial score (nSPS) is 12.8. The molecule has 0 aliphatic carbocycles. The van der Waals surface area contributed by atoms with E-state index in [2.05, 4.69) is 10.3 Å². The van der Waals surface area contributed by atoms with Crippen molar-refractivity contribution < 1.29 is 9.90 Å². The Bertz CT molecular complexity index is 666. The number of hydrogen-bond donors (Lipinski definition) is 2. The van der Waals surface area contributed by atoms with Crippen LogP contribution < -0.4 is 5.32 Å². The fourth-order valence-corrected chi connectivity index (χ4v) is 2.09. The first-order valence-electron chi connectivity index (χ1n) is 6.98. The highest BCUT2D eigenvalue weighted by Crippen LogP contribution is 2.31. The summed E-state index contributed by atoms with van der Waals surface area (Å²) in [4.78, 5) is 16.1. The first-order valence-corrected chi connectivity index (χ1v) is 7.36. The van der Waals surface area contributed by atoms with Gasteiger partial charge in [0.15, 0.2) is 0 Å². The molecule has 0 radical (unpaired) electrons. The van der Waals surface area contributed by atoms with E-state index in [1.165, 1.54) is 0 Å². The van der Waals surface area contributed by atoms with Crippen molar-refractivity contribution in [2.75, 3.05) is 5.32 Å². The molecular formula is C17H19ClN2O2. The number of benzene rings is 1. The molecule has 0 bridgehead atoms. The molecule has 0 saturated carbocycles. The van der Waals surface area contributed by atoms with Crippen molar-refractivity contribution in [3.8, 4) is 0 Å². The van der Waals surface area contributed by atoms with Crippen LogP contribution in [0.15, 0.2) is 42.7 Å². The fraction of sp³-hybridized carbons (Fsp3) is 0.294. The van der Waals surface area contributed by atoms with Gasteiger partial charge < -0.3 is 10.4 Å². The topological polar surface area (TPSA) is 62.2 Å². The third-order valence-electron chi connectivity index (χ3n) is 3.26. The number of amides is 1. The van der Waals surface area contributed by atoms with Crippen molar-refractivity contribution in [1.29, 1.82) is 0 Å². The van der Waals surface area contributed by atoms with Gasteiger partial charge in [0.05, 0.1) is 0 Å². The van der Waals surface area contributed by atoms with E-state index in [1.807, 2.05) is 20.8 Å². The van der Waals surface area contributed by atoms with Crippen LogP contribution in [0.5, 0.6) is 0 Å². The van der Waals surface area contributed by atoms with Crippen LogP contribution in [0.25, 0.3) is 0 Å². The summed E-state index contributed by atoms with van der Waals surface area (Å²) < 4.78 is 0. The number of aliphatic hydroxyl groups is 1. The summed E-state index contributed by atoms with van der Waals surface area (Å²) in [5.74, 6) is -0.127. The lowest BCUT2D eigenvalue weighted by molar-refractivity contribution is -0.123. The monoisotopic (exact) mass is 318 g/mol. The molecule has 1 unspecified atom stereocenters. The lowest BCUT2D eigenvalue weighted by atomic mass is 9.94. The van der Waals surface area contributed by atoms with Crippen LogP contribution in [-0.4, -0.2) is 16.0 Å². The molecule has 2 N–H and O–H groups in total. The summed E-state index contributed by atoms with van der Waals surface area (Å²) in [5.41, 5.74) is 1.26. The summed E-state index contributed by atoms with van der Waals surface area (Å²) in [6, 6.07) is 8.49. The number of carbonyl (C=O) groups excluding carboxylic acids is 1. The molecule has 4 nitrogen and oxygen atoms in total. The van der Waals surface area contributed by atoms with Gasteiger partial charge >= 0.3 is 0 Å². The van der Waals surface area contributed by atoms with Crippen LogP contribution in [0, 0.1) is 5.41 Å². The van der Waals surface area contributed by atoms with Gasteiger partial charge in [-0.1, -0.05) is 32.4 Å². The van der Waals surface area contributed by atoms with Gasteiger partial charge in [-0.05, 0) is 35.9 Å². The number of nitrogens with zero attached hydrogens (tertiary/aromatic N) is 1. The molecule has 0 aliphatic rings. The van der Waals surface area contributed by atoms with Crippen LogP contribution in [0.4, 0.5) is 5.69 Å². The van der Waals surface area contributed by atoms with Crippen molar-refractivity contribution in [3.63, 3.8) is 0 Å². The number of aliphatic hydroxyl groups excluding tert-OH is 1. The largest absolute Gasteiger partial charge is 0.384 e. The lowest BCUT2D eigenvalue weighted by Gasteiger charge is -2.21. The minimum atomic E-state index is -0.892. The number of carbonyl (C=O) groups is 1. The molecule has 116 valence electrons. The van der Waals surface area contributed by atoms with E-state index in [1.54, 1.807) is 42.7 Å². The Morgan fingerprint density at radius 2 is 1.86 bits per heavy atom. The van der Waals surface area contributed by atoms with Gasteiger partial charge in [-0.25, -0.2) is 0 Å². The number of anilines is 1. The second-order valence-corrected chi connectivity index (χ2v) is 6.56. The van der Waals surface area contributed by atoms with E-state index in [0.717, 1.165) is 0 Å². The molecule has 1 aromatic heterocycles. The smallest absolute Gasteiger partial charge is 0.229 e. The number of rotatable bonds is 3. The second kappa shape index (κ2) is 6.46. The quantitative estimate of drug-likeness (QED) is 0.904. The maximum Gasteiger partial charge on any atom is 0.229 e. The molecule has 0 fully saturated rings. The van der Waals surface area contributed by atoms with E-state index in [-0.39, 0.29) is 5.91 Å². The van der Waals surface area contributed by atoms with Gasteiger partial charge in [0, 0.05) is 34.1 Å². The molecule has 2 aromatic rings. The molecule has 1 amide bonds. The minimum Gasteiger partial charge on any atom is -0.384 e. The first kappa shape index (κ1) is 16.5. The fourth-order valence-electron chi connectivity index (χ4n) is 1.91. The molecule has 5 heteroatoms. The van der Waals surface area contributed by atoms with Crippen LogP contribution in [0.2, 0.25) is 5.02 Å². The summed E-state index contributed by atoms with van der Waals surface area (Å²) in [6.07, 6.45) is 2.32. The standard InChI is InChI=1S/C17H19ClN2O2/c1-17(2,3)16(22)20-14-5-4-12(18)10-13(14)15(21)11-6-8-19-9-7-11/h4-10,15,21H,1-3H3,(H,20,22). The predicted molar refractivity (Wildman–Crippen MR) is 87.8 cm³/mol. The molecule has 1 aromatic carbocycles. The maximum absolute atomic E-state index is 12.2. The van der Waals surface area contributed by atoms with Gasteiger partial charge in [0.25, 0.3) is 0 Å². The first-order chi connectivity index (χ1) is 10.3. The Kier molecular flexibility index (Phi) is 4.84. The van der Waals surface area contributed by atoms with Gasteiger partial charge in [0.2, 0.25) is 5.91 Å². The van der Waals surface area contributed by atoms with E-state index in [9.17, 15) is 9.90 Å². The van der Waals surface area contributed by atoms with Gasteiger partial charge in [-0.2, -0.15) is 0 Å². The summed E-state index contributed by atoms with van der Waals surface area (Å²) >= 11 is 6.04. The van der Waals surface area contributed by atoms with E-state index in [4.69, 9.17) is 11.6 Å². The van der Waals surface area contributed by atoms with Gasteiger partial charge in [-0.3, -0.25) is 9.78 Å². The minimum absolute atomic E-state index is 0.127. The van der Waals surface area contributed by atoms with Crippen LogP contribution in [0.1, 0.15) is 38.0 Å². The van der Waals surface area contributed by atoms with Crippen molar-refractivity contribution >= 4 is 23.2 Å². The average molecular weight is 319 g/mol. The molecule has 0 spiro atoms. The highest BCUT2D eigenvalue weighted by Gasteiger charge is 2.23. The lowest BCUT2D eigenvalue weighted by Crippen LogP contribution is -2.28. The Morgan fingerprint density at radius 3 is 2.45 bits per heavy atom. The number of nitrogens with one attached hydrogen (secondary N) is 1. The number of aromatic nitrogens is 1. The summed E-state index contributed by atoms with van der Waals surface area (Å²) in [5, 5.41) is 13.9. The van der Waals surface area contributed by atoms with Crippen molar-refractivity contribution in [2.24, 2.45) is 5.41 Å². The predicted octanol–water partition coefficient (Wildman–Crippen LogP) is 3.80.